The molecule has 37 heavy (non-hydrogen) atoms. The molecular weight excluding hydrogens is 478 g/mol. The number of hydrogen-bond acceptors (Lipinski definition) is 9. The van der Waals surface area contributed by atoms with Crippen LogP contribution in [0, 0.1) is 11.8 Å². The van der Waals surface area contributed by atoms with E-state index in [2.05, 4.69) is 0 Å². The van der Waals surface area contributed by atoms with Gasteiger partial charge in [-0.2, -0.15) is 0 Å². The summed E-state index contributed by atoms with van der Waals surface area (Å²) in [6.07, 6.45) is 2.19. The lowest BCUT2D eigenvalue weighted by Gasteiger charge is -2.50. The predicted octanol–water partition coefficient (Wildman–Crippen LogP) is 1.50. The summed E-state index contributed by atoms with van der Waals surface area (Å²) < 4.78 is 5.97. The quantitative estimate of drug-likeness (QED) is 0.314. The molecule has 1 aromatic carbocycles. The predicted molar refractivity (Wildman–Crippen MR) is 137 cm³/mol. The van der Waals surface area contributed by atoms with Gasteiger partial charge in [0.25, 0.3) is 5.91 Å². The van der Waals surface area contributed by atoms with E-state index in [1.54, 1.807) is 20.2 Å². The number of amides is 1. The Kier molecular flexibility index (Phi) is 6.85. The summed E-state index contributed by atoms with van der Waals surface area (Å²) in [5.41, 5.74) is 3.96. The number of nitrogens with two attached hydrogens (primary N) is 1. The van der Waals surface area contributed by atoms with Crippen molar-refractivity contribution in [1.82, 2.24) is 4.90 Å². The monoisotopic (exact) mass is 513 g/mol. The van der Waals surface area contributed by atoms with E-state index in [4.69, 9.17) is 10.5 Å². The number of primary amides is 1. The summed E-state index contributed by atoms with van der Waals surface area (Å²) in [5, 5.41) is 34.2. The summed E-state index contributed by atoms with van der Waals surface area (Å²) >= 11 is 0. The van der Waals surface area contributed by atoms with Crippen LogP contribution in [0.1, 0.15) is 37.3 Å². The molecule has 0 radical (unpaired) electrons. The van der Waals surface area contributed by atoms with E-state index in [-0.39, 0.29) is 17.8 Å². The second-order valence-electron chi connectivity index (χ2n) is 10.5. The van der Waals surface area contributed by atoms with E-state index in [0.29, 0.717) is 24.3 Å². The first kappa shape index (κ1) is 26.7. The zero-order valence-corrected chi connectivity index (χ0v) is 21.9. The molecule has 10 nitrogen and oxygen atoms in total. The summed E-state index contributed by atoms with van der Waals surface area (Å²) in [5.74, 6) is -5.47. The maximum atomic E-state index is 14.0. The molecule has 1 amide bonds. The van der Waals surface area contributed by atoms with Crippen molar-refractivity contribution < 1.29 is 34.4 Å². The molecule has 3 aliphatic rings. The van der Waals surface area contributed by atoms with Crippen LogP contribution in [0.2, 0.25) is 0 Å². The Hall–Kier alpha value is -3.37. The zero-order chi connectivity index (χ0) is 27.4. The van der Waals surface area contributed by atoms with Gasteiger partial charge in [-0.15, -0.1) is 0 Å². The van der Waals surface area contributed by atoms with E-state index >= 15 is 0 Å². The van der Waals surface area contributed by atoms with Gasteiger partial charge in [-0.05, 0) is 57.0 Å². The fraction of sp³-hybridized carbons (Fsp3) is 0.519. The standard InChI is InChI=1S/C27H35N3O7/c1-6-7-10-37-17-9-8-16(29(2)3)14-11-13-12-15-21(30(4)5)23(32)20(26(28)35)25(34)27(15,36)24(33)18(13)22(31)19(14)17/h8-9,13,15,21,31,34,36H,6-7,10-12H2,1-5H3,(H2,28,35)/t13-,15-,21-,27-/m1/s1. The first-order valence-corrected chi connectivity index (χ1v) is 12.5. The average Bonchev–Trinajstić information content (AvgIpc) is 2.81. The van der Waals surface area contributed by atoms with Crippen molar-refractivity contribution in [3.05, 3.63) is 40.2 Å². The largest absolute Gasteiger partial charge is 0.508 e. The Morgan fingerprint density at radius 3 is 2.43 bits per heavy atom. The SMILES string of the molecule is CCCCOc1ccc(N(C)C)c2c1C(O)=C1C(=O)[C@@]3(O)C(O)=C(C(N)=O)C(=O)[C@H](N(C)C)[C@H]3C[C@H]1C2. The molecule has 0 spiro atoms. The maximum absolute atomic E-state index is 14.0. The van der Waals surface area contributed by atoms with Crippen molar-refractivity contribution in [2.75, 3.05) is 39.7 Å². The van der Waals surface area contributed by atoms with E-state index in [1.165, 1.54) is 4.90 Å². The van der Waals surface area contributed by atoms with Crippen LogP contribution < -0.4 is 15.4 Å². The molecule has 0 bridgehead atoms. The molecule has 0 heterocycles. The van der Waals surface area contributed by atoms with Gasteiger partial charge in [0.05, 0.1) is 18.2 Å². The van der Waals surface area contributed by atoms with Gasteiger partial charge in [0.15, 0.2) is 11.4 Å². The molecule has 1 saturated carbocycles. The van der Waals surface area contributed by atoms with Crippen molar-refractivity contribution in [2.45, 2.75) is 44.2 Å². The number of rotatable bonds is 7. The molecule has 10 heteroatoms. The van der Waals surface area contributed by atoms with Gasteiger partial charge in [0, 0.05) is 31.3 Å². The molecule has 0 saturated heterocycles. The van der Waals surface area contributed by atoms with Crippen molar-refractivity contribution >= 4 is 28.9 Å². The Morgan fingerprint density at radius 2 is 1.86 bits per heavy atom. The Morgan fingerprint density at radius 1 is 1.19 bits per heavy atom. The highest BCUT2D eigenvalue weighted by molar-refractivity contribution is 6.24. The smallest absolute Gasteiger partial charge is 0.255 e. The second kappa shape index (κ2) is 9.50. The van der Waals surface area contributed by atoms with Crippen LogP contribution in [0.3, 0.4) is 0 Å². The number of unbranched alkanes of at least 4 members (excludes halogenated alkanes) is 1. The van der Waals surface area contributed by atoms with Crippen LogP contribution in [0.25, 0.3) is 5.76 Å². The van der Waals surface area contributed by atoms with Gasteiger partial charge < -0.3 is 30.7 Å². The number of ketones is 2. The lowest BCUT2D eigenvalue weighted by molar-refractivity contribution is -0.153. The third-order valence-corrected chi connectivity index (χ3v) is 7.80. The van der Waals surface area contributed by atoms with Crippen molar-refractivity contribution in [3.63, 3.8) is 0 Å². The molecule has 200 valence electrons. The number of benzene rings is 1. The minimum Gasteiger partial charge on any atom is -0.508 e. The first-order chi connectivity index (χ1) is 17.4. The van der Waals surface area contributed by atoms with Gasteiger partial charge in [0.2, 0.25) is 5.78 Å². The lowest BCUT2D eigenvalue weighted by atomic mass is 9.57. The van der Waals surface area contributed by atoms with Gasteiger partial charge in [-0.1, -0.05) is 13.3 Å². The Balaban J connectivity index is 1.95. The van der Waals surface area contributed by atoms with Crippen molar-refractivity contribution in [1.29, 1.82) is 0 Å². The van der Waals surface area contributed by atoms with Gasteiger partial charge in [0.1, 0.15) is 22.8 Å². The number of aliphatic hydroxyl groups is 3. The number of hydrogen-bond donors (Lipinski definition) is 4. The molecular formula is C27H35N3O7. The highest BCUT2D eigenvalue weighted by Crippen LogP contribution is 2.53. The number of aliphatic hydroxyl groups excluding tert-OH is 2. The maximum Gasteiger partial charge on any atom is 0.255 e. The van der Waals surface area contributed by atoms with E-state index in [9.17, 15) is 29.7 Å². The number of ether oxygens (including phenoxy) is 1. The van der Waals surface area contributed by atoms with Crippen LogP contribution in [-0.4, -0.2) is 84.1 Å². The Labute approximate surface area is 216 Å². The van der Waals surface area contributed by atoms with Crippen LogP contribution in [-0.2, 0) is 20.8 Å². The third kappa shape index (κ3) is 3.90. The molecule has 3 aliphatic carbocycles. The Bertz CT molecular complexity index is 1230. The first-order valence-electron chi connectivity index (χ1n) is 12.5. The highest BCUT2D eigenvalue weighted by Gasteiger charge is 2.64. The number of anilines is 1. The minimum atomic E-state index is -2.59. The molecule has 4 rings (SSSR count). The zero-order valence-electron chi connectivity index (χ0n) is 21.9. The summed E-state index contributed by atoms with van der Waals surface area (Å²) in [4.78, 5) is 42.7. The van der Waals surface area contributed by atoms with Crippen molar-refractivity contribution in [3.8, 4) is 5.75 Å². The summed E-state index contributed by atoms with van der Waals surface area (Å²) in [7, 11) is 6.95. The number of carbonyl (C=O) groups excluding carboxylic acids is 3. The number of carbonyl (C=O) groups is 3. The van der Waals surface area contributed by atoms with Crippen LogP contribution in [0.15, 0.2) is 29.0 Å². The van der Waals surface area contributed by atoms with Gasteiger partial charge in [-0.3, -0.25) is 19.3 Å². The normalized spacial score (nSPS) is 27.2. The molecule has 0 aromatic heterocycles. The molecule has 1 fully saturated rings. The number of fused-ring (bicyclic) bond motifs is 3. The number of likely N-dealkylation sites (N-methyl/N-ethyl adjacent to an activating group) is 1. The highest BCUT2D eigenvalue weighted by atomic mass is 16.5. The topological polar surface area (TPSA) is 154 Å². The fourth-order valence-corrected chi connectivity index (χ4v) is 6.08. The van der Waals surface area contributed by atoms with Crippen LogP contribution in [0.5, 0.6) is 5.75 Å². The number of nitrogens with zero attached hydrogens (tertiary/aromatic N) is 2. The molecule has 5 N–H and O–H groups in total. The second-order valence-corrected chi connectivity index (χ2v) is 10.5. The van der Waals surface area contributed by atoms with Crippen LogP contribution >= 0.6 is 0 Å². The molecule has 0 unspecified atom stereocenters. The van der Waals surface area contributed by atoms with Gasteiger partial charge >= 0.3 is 0 Å². The summed E-state index contributed by atoms with van der Waals surface area (Å²) in [6, 6.07) is 2.57. The van der Waals surface area contributed by atoms with E-state index < -0.39 is 52.3 Å². The van der Waals surface area contributed by atoms with E-state index in [1.807, 2.05) is 32.0 Å². The van der Waals surface area contributed by atoms with Gasteiger partial charge in [-0.25, -0.2) is 0 Å². The fourth-order valence-electron chi connectivity index (χ4n) is 6.08. The molecule has 1 aromatic rings. The molecule has 0 aliphatic heterocycles. The average molecular weight is 514 g/mol. The summed E-state index contributed by atoms with van der Waals surface area (Å²) in [6.45, 7) is 2.46. The lowest BCUT2D eigenvalue weighted by Crippen LogP contribution is -2.65. The van der Waals surface area contributed by atoms with Crippen LogP contribution in [0.4, 0.5) is 5.69 Å². The van der Waals surface area contributed by atoms with E-state index in [0.717, 1.165) is 24.1 Å². The minimum absolute atomic E-state index is 0.0512. The number of Topliss-reactive ketones (excluding diaryl/α,β-unsaturated/α-hetero) is 2. The third-order valence-electron chi connectivity index (χ3n) is 7.80. The molecule has 4 atom stereocenters. The van der Waals surface area contributed by atoms with Crippen molar-refractivity contribution in [2.24, 2.45) is 17.6 Å².